The maximum atomic E-state index is 11.8. The standard InChI is InChI=1S/C19H18N4O/c1-15-9-11-16(12-10-15)21-19(24)22-20-14-18-8-5-13-23(18)17-6-3-2-4-7-17/h2-14H,1H3,(H2,21,22,24)/b20-14+. The fourth-order valence-corrected chi connectivity index (χ4v) is 2.28. The summed E-state index contributed by atoms with van der Waals surface area (Å²) in [6.45, 7) is 2.00. The summed E-state index contributed by atoms with van der Waals surface area (Å²) in [5.74, 6) is 0. The molecule has 0 radical (unpaired) electrons. The van der Waals surface area contributed by atoms with Crippen LogP contribution in [0.1, 0.15) is 11.3 Å². The second kappa shape index (κ2) is 7.28. The number of hydrogen-bond donors (Lipinski definition) is 2. The SMILES string of the molecule is Cc1ccc(NC(=O)N/N=C/c2cccn2-c2ccccc2)cc1. The minimum atomic E-state index is -0.382. The maximum absolute atomic E-state index is 11.8. The zero-order valence-electron chi connectivity index (χ0n) is 13.3. The van der Waals surface area contributed by atoms with E-state index < -0.39 is 0 Å². The lowest BCUT2D eigenvalue weighted by molar-refractivity contribution is 0.252. The molecule has 120 valence electrons. The van der Waals surface area contributed by atoms with E-state index in [2.05, 4.69) is 15.8 Å². The smallest absolute Gasteiger partial charge is 0.316 e. The molecular weight excluding hydrogens is 300 g/mol. The van der Waals surface area contributed by atoms with Gasteiger partial charge in [-0.3, -0.25) is 0 Å². The van der Waals surface area contributed by atoms with Crippen LogP contribution in [0.4, 0.5) is 10.5 Å². The number of hydrazone groups is 1. The molecule has 3 rings (SSSR count). The number of hydrogen-bond acceptors (Lipinski definition) is 2. The monoisotopic (exact) mass is 318 g/mol. The van der Waals surface area contributed by atoms with Gasteiger partial charge in [0, 0.05) is 17.6 Å². The third-order valence-electron chi connectivity index (χ3n) is 3.49. The average Bonchev–Trinajstić information content (AvgIpc) is 3.06. The summed E-state index contributed by atoms with van der Waals surface area (Å²) in [6, 6.07) is 21.0. The summed E-state index contributed by atoms with van der Waals surface area (Å²) < 4.78 is 1.99. The number of benzene rings is 2. The molecule has 3 aromatic rings. The van der Waals surface area contributed by atoms with Gasteiger partial charge in [0.25, 0.3) is 0 Å². The van der Waals surface area contributed by atoms with Gasteiger partial charge in [0.1, 0.15) is 0 Å². The Bertz CT molecular complexity index is 835. The van der Waals surface area contributed by atoms with E-state index in [-0.39, 0.29) is 6.03 Å². The highest BCUT2D eigenvalue weighted by molar-refractivity contribution is 5.90. The molecule has 1 aromatic heterocycles. The number of amides is 2. The Hall–Kier alpha value is -3.34. The molecule has 5 nitrogen and oxygen atoms in total. The first kappa shape index (κ1) is 15.6. The molecule has 0 fully saturated rings. The molecule has 0 aliphatic carbocycles. The third-order valence-corrected chi connectivity index (χ3v) is 3.49. The van der Waals surface area contributed by atoms with Crippen LogP contribution in [0.2, 0.25) is 0 Å². The second-order valence-electron chi connectivity index (χ2n) is 5.33. The van der Waals surface area contributed by atoms with Crippen LogP contribution in [-0.2, 0) is 0 Å². The van der Waals surface area contributed by atoms with Gasteiger partial charge in [-0.1, -0.05) is 35.9 Å². The Morgan fingerprint density at radius 2 is 1.75 bits per heavy atom. The third kappa shape index (κ3) is 3.89. The topological polar surface area (TPSA) is 58.4 Å². The fourth-order valence-electron chi connectivity index (χ4n) is 2.28. The molecule has 0 unspecified atom stereocenters. The molecule has 0 saturated heterocycles. The molecule has 0 aliphatic rings. The number of aryl methyl sites for hydroxylation is 1. The molecule has 24 heavy (non-hydrogen) atoms. The lowest BCUT2D eigenvalue weighted by Gasteiger charge is -2.06. The fraction of sp³-hybridized carbons (Fsp3) is 0.0526. The van der Waals surface area contributed by atoms with Crippen LogP contribution >= 0.6 is 0 Å². The minimum Gasteiger partial charge on any atom is -0.316 e. The number of rotatable bonds is 4. The van der Waals surface area contributed by atoms with E-state index in [0.717, 1.165) is 22.6 Å². The molecule has 0 atom stereocenters. The summed E-state index contributed by atoms with van der Waals surface area (Å²) >= 11 is 0. The molecule has 2 amide bonds. The van der Waals surface area contributed by atoms with Crippen molar-refractivity contribution in [2.24, 2.45) is 5.10 Å². The van der Waals surface area contributed by atoms with Gasteiger partial charge in [0.05, 0.1) is 11.9 Å². The quantitative estimate of drug-likeness (QED) is 0.555. The lowest BCUT2D eigenvalue weighted by Crippen LogP contribution is -2.24. The highest BCUT2D eigenvalue weighted by Crippen LogP contribution is 2.11. The van der Waals surface area contributed by atoms with Crippen molar-refractivity contribution in [2.75, 3.05) is 5.32 Å². The number of nitrogens with one attached hydrogen (secondary N) is 2. The van der Waals surface area contributed by atoms with Crippen molar-refractivity contribution in [2.45, 2.75) is 6.92 Å². The number of aromatic nitrogens is 1. The zero-order chi connectivity index (χ0) is 16.8. The number of para-hydroxylation sites is 1. The summed E-state index contributed by atoms with van der Waals surface area (Å²) in [7, 11) is 0. The molecular formula is C19H18N4O. The number of carbonyl (C=O) groups excluding carboxylic acids is 1. The van der Waals surface area contributed by atoms with Gasteiger partial charge in [-0.05, 0) is 43.3 Å². The molecule has 2 N–H and O–H groups in total. The van der Waals surface area contributed by atoms with Gasteiger partial charge in [0.15, 0.2) is 0 Å². The van der Waals surface area contributed by atoms with Crippen LogP contribution in [0.25, 0.3) is 5.69 Å². The van der Waals surface area contributed by atoms with Crippen molar-refractivity contribution in [3.8, 4) is 5.69 Å². The first-order valence-electron chi connectivity index (χ1n) is 7.62. The zero-order valence-corrected chi connectivity index (χ0v) is 13.3. The molecule has 1 heterocycles. The highest BCUT2D eigenvalue weighted by Gasteiger charge is 2.02. The van der Waals surface area contributed by atoms with E-state index in [0.29, 0.717) is 0 Å². The second-order valence-corrected chi connectivity index (χ2v) is 5.33. The van der Waals surface area contributed by atoms with Crippen LogP contribution < -0.4 is 10.7 Å². The first-order chi connectivity index (χ1) is 11.7. The lowest BCUT2D eigenvalue weighted by atomic mass is 10.2. The Morgan fingerprint density at radius 1 is 1.00 bits per heavy atom. The summed E-state index contributed by atoms with van der Waals surface area (Å²) in [6.07, 6.45) is 3.56. The number of anilines is 1. The van der Waals surface area contributed by atoms with E-state index in [9.17, 15) is 4.79 Å². The predicted octanol–water partition coefficient (Wildman–Crippen LogP) is 3.94. The largest absolute Gasteiger partial charge is 0.339 e. The first-order valence-corrected chi connectivity index (χ1v) is 7.62. The van der Waals surface area contributed by atoms with E-state index in [1.165, 1.54) is 0 Å². The van der Waals surface area contributed by atoms with Crippen LogP contribution in [0.3, 0.4) is 0 Å². The minimum absolute atomic E-state index is 0.382. The van der Waals surface area contributed by atoms with Crippen molar-refractivity contribution in [1.82, 2.24) is 9.99 Å². The normalized spacial score (nSPS) is 10.7. The van der Waals surface area contributed by atoms with Crippen molar-refractivity contribution in [1.29, 1.82) is 0 Å². The number of nitrogens with zero attached hydrogens (tertiary/aromatic N) is 2. The van der Waals surface area contributed by atoms with Gasteiger partial charge in [-0.25, -0.2) is 10.2 Å². The highest BCUT2D eigenvalue weighted by atomic mass is 16.2. The number of carbonyl (C=O) groups is 1. The van der Waals surface area contributed by atoms with E-state index in [1.807, 2.05) is 84.4 Å². The maximum Gasteiger partial charge on any atom is 0.339 e. The summed E-state index contributed by atoms with van der Waals surface area (Å²) in [4.78, 5) is 11.8. The van der Waals surface area contributed by atoms with Gasteiger partial charge >= 0.3 is 6.03 Å². The van der Waals surface area contributed by atoms with Crippen LogP contribution in [0.5, 0.6) is 0 Å². The van der Waals surface area contributed by atoms with Gasteiger partial charge in [-0.15, -0.1) is 0 Å². The van der Waals surface area contributed by atoms with E-state index in [1.54, 1.807) is 6.21 Å². The predicted molar refractivity (Wildman–Crippen MR) is 96.7 cm³/mol. The van der Waals surface area contributed by atoms with E-state index in [4.69, 9.17) is 0 Å². The molecule has 0 aliphatic heterocycles. The van der Waals surface area contributed by atoms with Gasteiger partial charge < -0.3 is 9.88 Å². The van der Waals surface area contributed by atoms with E-state index >= 15 is 0 Å². The van der Waals surface area contributed by atoms with Crippen molar-refractivity contribution < 1.29 is 4.79 Å². The molecule has 0 bridgehead atoms. The number of urea groups is 1. The Balaban J connectivity index is 1.62. The molecule has 5 heteroatoms. The van der Waals surface area contributed by atoms with Crippen LogP contribution in [0, 0.1) is 6.92 Å². The van der Waals surface area contributed by atoms with Crippen molar-refractivity contribution in [3.63, 3.8) is 0 Å². The molecule has 0 saturated carbocycles. The van der Waals surface area contributed by atoms with Crippen LogP contribution in [0.15, 0.2) is 78.0 Å². The summed E-state index contributed by atoms with van der Waals surface area (Å²) in [5, 5.41) is 6.73. The Kier molecular flexibility index (Phi) is 4.72. The Labute approximate surface area is 140 Å². The van der Waals surface area contributed by atoms with Gasteiger partial charge in [0.2, 0.25) is 0 Å². The van der Waals surface area contributed by atoms with Gasteiger partial charge in [-0.2, -0.15) is 5.10 Å². The van der Waals surface area contributed by atoms with Crippen molar-refractivity contribution in [3.05, 3.63) is 84.2 Å². The van der Waals surface area contributed by atoms with Crippen LogP contribution in [-0.4, -0.2) is 16.8 Å². The molecule has 2 aromatic carbocycles. The summed E-state index contributed by atoms with van der Waals surface area (Å²) in [5.41, 5.74) is 6.24. The molecule has 0 spiro atoms. The van der Waals surface area contributed by atoms with Crippen molar-refractivity contribution >= 4 is 17.9 Å². The Morgan fingerprint density at radius 3 is 2.50 bits per heavy atom. The average molecular weight is 318 g/mol.